The molecule has 26 heavy (non-hydrogen) atoms. The van der Waals surface area contributed by atoms with Gasteiger partial charge in [0.2, 0.25) is 15.9 Å². The lowest BCUT2D eigenvalue weighted by atomic mass is 10.2. The lowest BCUT2D eigenvalue weighted by molar-refractivity contribution is 0.309. The van der Waals surface area contributed by atoms with Crippen LogP contribution in [0, 0.1) is 6.92 Å². The van der Waals surface area contributed by atoms with Crippen LogP contribution in [0.1, 0.15) is 24.2 Å². The first-order valence-corrected chi connectivity index (χ1v) is 10.4. The van der Waals surface area contributed by atoms with Gasteiger partial charge in [0.15, 0.2) is 0 Å². The molecule has 1 fully saturated rings. The van der Waals surface area contributed by atoms with Crippen LogP contribution in [0.3, 0.4) is 0 Å². The Balaban J connectivity index is 1.50. The zero-order valence-corrected chi connectivity index (χ0v) is 15.7. The second-order valence-electron chi connectivity index (χ2n) is 6.29. The molecule has 0 aliphatic carbocycles. The van der Waals surface area contributed by atoms with E-state index in [0.29, 0.717) is 11.7 Å². The van der Waals surface area contributed by atoms with Crippen molar-refractivity contribution in [3.05, 3.63) is 47.8 Å². The highest BCUT2D eigenvalue weighted by Gasteiger charge is 2.16. The third-order valence-corrected chi connectivity index (χ3v) is 5.46. The molecule has 0 unspecified atom stereocenters. The standard InChI is InChI=1S/C18H24N4O3S/c1-15-20-17(22-10-5-6-11-22)13-18(21-15)25-12-9-19-26(23,24)14-16-7-3-2-4-8-16/h2-4,7-8,13,19H,5-6,9-12,14H2,1H3. The van der Waals surface area contributed by atoms with Gasteiger partial charge in [0, 0.05) is 25.7 Å². The van der Waals surface area contributed by atoms with Crippen LogP contribution in [0.4, 0.5) is 5.82 Å². The molecule has 1 aromatic carbocycles. The van der Waals surface area contributed by atoms with Crippen molar-refractivity contribution in [1.29, 1.82) is 0 Å². The molecule has 2 heterocycles. The van der Waals surface area contributed by atoms with Gasteiger partial charge in [-0.25, -0.2) is 18.1 Å². The predicted octanol–water partition coefficient (Wildman–Crippen LogP) is 1.88. The van der Waals surface area contributed by atoms with Crippen molar-refractivity contribution in [3.63, 3.8) is 0 Å². The number of hydrogen-bond donors (Lipinski definition) is 1. The third kappa shape index (κ3) is 5.40. The highest BCUT2D eigenvalue weighted by atomic mass is 32.2. The van der Waals surface area contributed by atoms with E-state index in [4.69, 9.17) is 4.74 Å². The third-order valence-electron chi connectivity index (χ3n) is 4.10. The molecule has 1 aliphatic heterocycles. The molecular formula is C18H24N4O3S. The van der Waals surface area contributed by atoms with Crippen LogP contribution < -0.4 is 14.4 Å². The Labute approximate surface area is 154 Å². The van der Waals surface area contributed by atoms with E-state index in [1.54, 1.807) is 12.1 Å². The number of nitrogens with one attached hydrogen (secondary N) is 1. The molecule has 7 nitrogen and oxygen atoms in total. The van der Waals surface area contributed by atoms with Crippen LogP contribution in [-0.2, 0) is 15.8 Å². The summed E-state index contributed by atoms with van der Waals surface area (Å²) < 4.78 is 32.4. The number of rotatable bonds is 8. The Bertz CT molecular complexity index is 822. The fourth-order valence-electron chi connectivity index (χ4n) is 2.90. The maximum Gasteiger partial charge on any atom is 0.218 e. The summed E-state index contributed by atoms with van der Waals surface area (Å²) in [7, 11) is -3.39. The topological polar surface area (TPSA) is 84.4 Å². The highest BCUT2D eigenvalue weighted by Crippen LogP contribution is 2.21. The Morgan fingerprint density at radius 1 is 1.15 bits per heavy atom. The van der Waals surface area contributed by atoms with E-state index >= 15 is 0 Å². The van der Waals surface area contributed by atoms with Gasteiger partial charge in [-0.05, 0) is 25.3 Å². The SMILES string of the molecule is Cc1nc(OCCNS(=O)(=O)Cc2ccccc2)cc(N2CCCC2)n1. The number of hydrogen-bond acceptors (Lipinski definition) is 6. The summed E-state index contributed by atoms with van der Waals surface area (Å²) in [6, 6.07) is 10.9. The summed E-state index contributed by atoms with van der Waals surface area (Å²) in [4.78, 5) is 10.9. The Kier molecular flexibility index (Phi) is 6.05. The van der Waals surface area contributed by atoms with Crippen LogP contribution in [0.15, 0.2) is 36.4 Å². The first kappa shape index (κ1) is 18.6. The number of aromatic nitrogens is 2. The van der Waals surface area contributed by atoms with Gasteiger partial charge in [0.1, 0.15) is 18.2 Å². The molecule has 0 bridgehead atoms. The van der Waals surface area contributed by atoms with Crippen LogP contribution in [0.25, 0.3) is 0 Å². The zero-order chi connectivity index (χ0) is 18.4. The maximum absolute atomic E-state index is 12.1. The molecule has 1 saturated heterocycles. The van der Waals surface area contributed by atoms with Crippen molar-refractivity contribution >= 4 is 15.8 Å². The number of nitrogens with zero attached hydrogens (tertiary/aromatic N) is 3. The lowest BCUT2D eigenvalue weighted by Crippen LogP contribution is -2.29. The normalized spacial score (nSPS) is 14.6. The number of ether oxygens (including phenoxy) is 1. The molecule has 3 rings (SSSR count). The maximum atomic E-state index is 12.1. The number of sulfonamides is 1. The van der Waals surface area contributed by atoms with Gasteiger partial charge in [-0.3, -0.25) is 0 Å². The van der Waals surface area contributed by atoms with E-state index in [1.165, 1.54) is 12.8 Å². The van der Waals surface area contributed by atoms with Gasteiger partial charge >= 0.3 is 0 Å². The Morgan fingerprint density at radius 3 is 2.62 bits per heavy atom. The van der Waals surface area contributed by atoms with Gasteiger partial charge in [0.05, 0.1) is 5.75 Å². The van der Waals surface area contributed by atoms with Gasteiger partial charge in [-0.15, -0.1) is 0 Å². The molecular weight excluding hydrogens is 352 g/mol. The monoisotopic (exact) mass is 376 g/mol. The van der Waals surface area contributed by atoms with E-state index in [2.05, 4.69) is 19.6 Å². The summed E-state index contributed by atoms with van der Waals surface area (Å²) in [5, 5.41) is 0. The van der Waals surface area contributed by atoms with Crippen LogP contribution >= 0.6 is 0 Å². The molecule has 1 N–H and O–H groups in total. The largest absolute Gasteiger partial charge is 0.476 e. The number of aryl methyl sites for hydroxylation is 1. The van der Waals surface area contributed by atoms with Gasteiger partial charge in [-0.1, -0.05) is 30.3 Å². The first-order valence-electron chi connectivity index (χ1n) is 8.76. The van der Waals surface area contributed by atoms with Gasteiger partial charge in [0.25, 0.3) is 0 Å². The molecule has 0 radical (unpaired) electrons. The Hall–Kier alpha value is -2.19. The summed E-state index contributed by atoms with van der Waals surface area (Å²) >= 11 is 0. The minimum atomic E-state index is -3.39. The van der Waals surface area contributed by atoms with E-state index < -0.39 is 10.0 Å². The molecule has 0 saturated carbocycles. The van der Waals surface area contributed by atoms with E-state index in [-0.39, 0.29) is 18.9 Å². The molecule has 0 amide bonds. The summed E-state index contributed by atoms with van der Waals surface area (Å²) in [5.41, 5.74) is 0.752. The highest BCUT2D eigenvalue weighted by molar-refractivity contribution is 7.88. The van der Waals surface area contributed by atoms with Crippen molar-refractivity contribution in [2.75, 3.05) is 31.1 Å². The van der Waals surface area contributed by atoms with Crippen molar-refractivity contribution in [1.82, 2.24) is 14.7 Å². The van der Waals surface area contributed by atoms with Crippen LogP contribution in [0.2, 0.25) is 0 Å². The average molecular weight is 376 g/mol. The molecule has 1 aromatic heterocycles. The fraction of sp³-hybridized carbons (Fsp3) is 0.444. The lowest BCUT2D eigenvalue weighted by Gasteiger charge is -2.17. The second-order valence-corrected chi connectivity index (χ2v) is 8.10. The molecule has 2 aromatic rings. The van der Waals surface area contributed by atoms with E-state index in [0.717, 1.165) is 24.5 Å². The van der Waals surface area contributed by atoms with Gasteiger partial charge in [-0.2, -0.15) is 4.98 Å². The number of benzene rings is 1. The van der Waals surface area contributed by atoms with Crippen LogP contribution in [-0.4, -0.2) is 44.6 Å². The van der Waals surface area contributed by atoms with Crippen molar-refractivity contribution in [2.24, 2.45) is 0 Å². The Morgan fingerprint density at radius 2 is 1.88 bits per heavy atom. The predicted molar refractivity (Wildman–Crippen MR) is 101 cm³/mol. The molecule has 8 heteroatoms. The minimum Gasteiger partial charge on any atom is -0.476 e. The smallest absolute Gasteiger partial charge is 0.218 e. The fourth-order valence-corrected chi connectivity index (χ4v) is 4.03. The van der Waals surface area contributed by atoms with Gasteiger partial charge < -0.3 is 9.64 Å². The summed E-state index contributed by atoms with van der Waals surface area (Å²) in [6.45, 7) is 4.22. The first-order chi connectivity index (χ1) is 12.5. The molecule has 0 atom stereocenters. The van der Waals surface area contributed by atoms with Crippen molar-refractivity contribution < 1.29 is 13.2 Å². The number of anilines is 1. The molecule has 0 spiro atoms. The second kappa shape index (κ2) is 8.46. The van der Waals surface area contributed by atoms with Crippen LogP contribution in [0.5, 0.6) is 5.88 Å². The van der Waals surface area contributed by atoms with Crippen molar-refractivity contribution in [2.45, 2.75) is 25.5 Å². The average Bonchev–Trinajstić information content (AvgIpc) is 3.13. The van der Waals surface area contributed by atoms with E-state index in [1.807, 2.05) is 31.2 Å². The van der Waals surface area contributed by atoms with Crippen molar-refractivity contribution in [3.8, 4) is 5.88 Å². The minimum absolute atomic E-state index is 0.0421. The summed E-state index contributed by atoms with van der Waals surface area (Å²) in [6.07, 6.45) is 2.34. The van der Waals surface area contributed by atoms with E-state index in [9.17, 15) is 8.42 Å². The summed E-state index contributed by atoms with van der Waals surface area (Å²) in [5.74, 6) is 1.95. The quantitative estimate of drug-likeness (QED) is 0.708. The molecule has 1 aliphatic rings. The molecule has 140 valence electrons. The zero-order valence-electron chi connectivity index (χ0n) is 14.9.